The van der Waals surface area contributed by atoms with Gasteiger partial charge < -0.3 is 5.32 Å². The van der Waals surface area contributed by atoms with Gasteiger partial charge in [-0.15, -0.1) is 0 Å². The first-order valence-electron chi connectivity index (χ1n) is 6.11. The van der Waals surface area contributed by atoms with Crippen LogP contribution < -0.4 is 10.0 Å². The molecule has 5 heteroatoms. The van der Waals surface area contributed by atoms with Crippen molar-refractivity contribution >= 4 is 10.0 Å². The van der Waals surface area contributed by atoms with Crippen LogP contribution in [-0.4, -0.2) is 33.3 Å². The molecule has 0 radical (unpaired) electrons. The lowest BCUT2D eigenvalue weighted by atomic mass is 10.3. The average Bonchev–Trinajstić information content (AvgIpc) is 2.87. The SMILES string of the molecule is CC(C)NCCCS(=O)(=O)NCC1CC1C. The van der Waals surface area contributed by atoms with E-state index in [-0.39, 0.29) is 5.75 Å². The van der Waals surface area contributed by atoms with Gasteiger partial charge in [-0.1, -0.05) is 20.8 Å². The van der Waals surface area contributed by atoms with Crippen molar-refractivity contribution in [2.45, 2.75) is 39.7 Å². The Morgan fingerprint density at radius 1 is 1.38 bits per heavy atom. The quantitative estimate of drug-likeness (QED) is 0.629. The van der Waals surface area contributed by atoms with E-state index in [0.29, 0.717) is 30.8 Å². The number of hydrogen-bond acceptors (Lipinski definition) is 3. The zero-order chi connectivity index (χ0) is 12.2. The summed E-state index contributed by atoms with van der Waals surface area (Å²) in [6.45, 7) is 7.66. The summed E-state index contributed by atoms with van der Waals surface area (Å²) in [4.78, 5) is 0. The van der Waals surface area contributed by atoms with Gasteiger partial charge in [0, 0.05) is 12.6 Å². The summed E-state index contributed by atoms with van der Waals surface area (Å²) in [6, 6.07) is 0.419. The van der Waals surface area contributed by atoms with E-state index in [1.807, 2.05) is 0 Å². The zero-order valence-electron chi connectivity index (χ0n) is 10.5. The van der Waals surface area contributed by atoms with Crippen LogP contribution in [0.2, 0.25) is 0 Å². The predicted octanol–water partition coefficient (Wildman–Crippen LogP) is 0.950. The topological polar surface area (TPSA) is 58.2 Å². The smallest absolute Gasteiger partial charge is 0.211 e. The third-order valence-electron chi connectivity index (χ3n) is 2.98. The Bertz CT molecular complexity index is 301. The summed E-state index contributed by atoms with van der Waals surface area (Å²) in [5.74, 6) is 1.50. The Morgan fingerprint density at radius 3 is 2.50 bits per heavy atom. The molecule has 96 valence electrons. The van der Waals surface area contributed by atoms with Crippen molar-refractivity contribution in [3.8, 4) is 0 Å². The van der Waals surface area contributed by atoms with Crippen molar-refractivity contribution in [1.82, 2.24) is 10.0 Å². The average molecular weight is 248 g/mol. The molecular weight excluding hydrogens is 224 g/mol. The van der Waals surface area contributed by atoms with Crippen LogP contribution >= 0.6 is 0 Å². The van der Waals surface area contributed by atoms with Crippen LogP contribution in [0.4, 0.5) is 0 Å². The van der Waals surface area contributed by atoms with Gasteiger partial charge in [0.2, 0.25) is 10.0 Å². The molecule has 1 aliphatic carbocycles. The third-order valence-corrected chi connectivity index (χ3v) is 4.42. The van der Waals surface area contributed by atoms with E-state index in [4.69, 9.17) is 0 Å². The third kappa shape index (κ3) is 5.82. The highest BCUT2D eigenvalue weighted by Gasteiger charge is 2.32. The molecular formula is C11H24N2O2S. The van der Waals surface area contributed by atoms with Crippen LogP contribution in [0.1, 0.15) is 33.6 Å². The maximum atomic E-state index is 11.6. The monoisotopic (exact) mass is 248 g/mol. The predicted molar refractivity (Wildman–Crippen MR) is 66.8 cm³/mol. The fourth-order valence-electron chi connectivity index (χ4n) is 1.64. The molecule has 1 rings (SSSR count). The number of rotatable bonds is 8. The summed E-state index contributed by atoms with van der Waals surface area (Å²) in [7, 11) is -3.05. The normalized spacial score (nSPS) is 25.0. The maximum absolute atomic E-state index is 11.6. The van der Waals surface area contributed by atoms with E-state index in [2.05, 4.69) is 30.8 Å². The highest BCUT2D eigenvalue weighted by Crippen LogP contribution is 2.36. The Balaban J connectivity index is 2.09. The molecule has 1 saturated carbocycles. The first kappa shape index (κ1) is 13.9. The van der Waals surface area contributed by atoms with Gasteiger partial charge in [-0.05, 0) is 31.2 Å². The Hall–Kier alpha value is -0.130. The highest BCUT2D eigenvalue weighted by molar-refractivity contribution is 7.89. The lowest BCUT2D eigenvalue weighted by Crippen LogP contribution is -2.31. The van der Waals surface area contributed by atoms with Crippen LogP contribution in [0, 0.1) is 11.8 Å². The van der Waals surface area contributed by atoms with Crippen molar-refractivity contribution in [1.29, 1.82) is 0 Å². The fraction of sp³-hybridized carbons (Fsp3) is 1.00. The van der Waals surface area contributed by atoms with Crippen LogP contribution in [0.25, 0.3) is 0 Å². The minimum absolute atomic E-state index is 0.230. The largest absolute Gasteiger partial charge is 0.314 e. The summed E-state index contributed by atoms with van der Waals surface area (Å²) in [5.41, 5.74) is 0. The molecule has 0 aliphatic heterocycles. The van der Waals surface area contributed by atoms with Crippen molar-refractivity contribution in [2.24, 2.45) is 11.8 Å². The van der Waals surface area contributed by atoms with Gasteiger partial charge in [0.05, 0.1) is 5.75 Å². The molecule has 0 heterocycles. The second-order valence-corrected chi connectivity index (χ2v) is 7.03. The Labute approximate surface area is 99.2 Å². The molecule has 2 atom stereocenters. The summed E-state index contributed by atoms with van der Waals surface area (Å²) >= 11 is 0. The lowest BCUT2D eigenvalue weighted by Gasteiger charge is -2.09. The van der Waals surface area contributed by atoms with Gasteiger partial charge in [0.25, 0.3) is 0 Å². The summed E-state index contributed by atoms with van der Waals surface area (Å²) < 4.78 is 25.8. The van der Waals surface area contributed by atoms with Crippen molar-refractivity contribution in [2.75, 3.05) is 18.8 Å². The number of sulfonamides is 1. The lowest BCUT2D eigenvalue weighted by molar-refractivity contribution is 0.557. The van der Waals surface area contributed by atoms with Gasteiger partial charge in [-0.3, -0.25) is 0 Å². The van der Waals surface area contributed by atoms with E-state index in [1.54, 1.807) is 0 Å². The maximum Gasteiger partial charge on any atom is 0.211 e. The second-order valence-electron chi connectivity index (χ2n) is 5.10. The van der Waals surface area contributed by atoms with Gasteiger partial charge in [0.1, 0.15) is 0 Å². The van der Waals surface area contributed by atoms with E-state index in [0.717, 1.165) is 13.0 Å². The molecule has 0 amide bonds. The van der Waals surface area contributed by atoms with Crippen LogP contribution in [0.15, 0.2) is 0 Å². The number of nitrogens with one attached hydrogen (secondary N) is 2. The minimum Gasteiger partial charge on any atom is -0.314 e. The van der Waals surface area contributed by atoms with E-state index < -0.39 is 10.0 Å². The molecule has 0 aromatic carbocycles. The van der Waals surface area contributed by atoms with Crippen LogP contribution in [-0.2, 0) is 10.0 Å². The molecule has 16 heavy (non-hydrogen) atoms. The van der Waals surface area contributed by atoms with Gasteiger partial charge in [-0.2, -0.15) is 0 Å². The van der Waals surface area contributed by atoms with Crippen molar-refractivity contribution in [3.05, 3.63) is 0 Å². The molecule has 0 bridgehead atoms. The molecule has 0 aromatic rings. The first-order chi connectivity index (χ1) is 7.41. The minimum atomic E-state index is -3.05. The molecule has 4 nitrogen and oxygen atoms in total. The Kier molecular flexibility index (Phi) is 5.21. The van der Waals surface area contributed by atoms with E-state index >= 15 is 0 Å². The second kappa shape index (κ2) is 5.98. The molecule has 0 saturated heterocycles. The highest BCUT2D eigenvalue weighted by atomic mass is 32.2. The zero-order valence-corrected chi connectivity index (χ0v) is 11.3. The molecule has 0 aromatic heterocycles. The molecule has 2 N–H and O–H groups in total. The van der Waals surface area contributed by atoms with Crippen molar-refractivity contribution in [3.63, 3.8) is 0 Å². The van der Waals surface area contributed by atoms with Gasteiger partial charge in [-0.25, -0.2) is 13.1 Å². The van der Waals surface area contributed by atoms with Crippen molar-refractivity contribution < 1.29 is 8.42 Å². The standard InChI is InChI=1S/C11H24N2O2S/c1-9(2)12-5-4-6-16(14,15)13-8-11-7-10(11)3/h9-13H,4-8H2,1-3H3. The van der Waals surface area contributed by atoms with Crippen LogP contribution in [0.3, 0.4) is 0 Å². The van der Waals surface area contributed by atoms with Gasteiger partial charge >= 0.3 is 0 Å². The summed E-state index contributed by atoms with van der Waals surface area (Å²) in [6.07, 6.45) is 1.84. The summed E-state index contributed by atoms with van der Waals surface area (Å²) in [5, 5.41) is 3.21. The molecule has 1 aliphatic rings. The molecule has 0 spiro atoms. The van der Waals surface area contributed by atoms with E-state index in [9.17, 15) is 8.42 Å². The van der Waals surface area contributed by atoms with E-state index in [1.165, 1.54) is 0 Å². The molecule has 2 unspecified atom stereocenters. The number of hydrogen-bond donors (Lipinski definition) is 2. The van der Waals surface area contributed by atoms with Gasteiger partial charge in [0.15, 0.2) is 0 Å². The first-order valence-corrected chi connectivity index (χ1v) is 7.76. The Morgan fingerprint density at radius 2 is 2.00 bits per heavy atom. The molecule has 1 fully saturated rings. The fourth-order valence-corrected chi connectivity index (χ4v) is 2.78. The van der Waals surface area contributed by atoms with Crippen LogP contribution in [0.5, 0.6) is 0 Å².